The molecule has 5 nitrogen and oxygen atoms in total. The van der Waals surface area contributed by atoms with E-state index in [0.717, 1.165) is 16.8 Å². The predicted molar refractivity (Wildman–Crippen MR) is 67.5 cm³/mol. The Labute approximate surface area is 99.2 Å². The van der Waals surface area contributed by atoms with E-state index in [1.807, 2.05) is 26.0 Å². The lowest BCUT2D eigenvalue weighted by Gasteiger charge is -2.24. The molecule has 3 N–H and O–H groups in total. The van der Waals surface area contributed by atoms with Crippen molar-refractivity contribution in [3.8, 4) is 5.75 Å². The summed E-state index contributed by atoms with van der Waals surface area (Å²) in [6.45, 7) is 4.27. The van der Waals surface area contributed by atoms with E-state index < -0.39 is 5.54 Å². The molecule has 5 heteroatoms. The fourth-order valence-corrected chi connectivity index (χ4v) is 1.91. The molecular formula is C12H17N3O2. The number of nitrogens with one attached hydrogen (secondary N) is 1. The third-order valence-corrected chi connectivity index (χ3v) is 2.99. The molecule has 0 aliphatic rings. The minimum Gasteiger partial charge on any atom is -0.497 e. The lowest BCUT2D eigenvalue weighted by molar-refractivity contribution is 0.367. The van der Waals surface area contributed by atoms with Gasteiger partial charge in [0, 0.05) is 12.6 Å². The largest absolute Gasteiger partial charge is 0.497 e. The van der Waals surface area contributed by atoms with Gasteiger partial charge in [-0.25, -0.2) is 4.79 Å². The number of rotatable bonds is 3. The van der Waals surface area contributed by atoms with E-state index in [1.54, 1.807) is 17.7 Å². The van der Waals surface area contributed by atoms with Gasteiger partial charge in [0.25, 0.3) is 0 Å². The van der Waals surface area contributed by atoms with Crippen LogP contribution in [0.3, 0.4) is 0 Å². The maximum Gasteiger partial charge on any atom is 0.327 e. The normalized spacial score (nSPS) is 12.0. The second-order valence-corrected chi connectivity index (χ2v) is 4.67. The van der Waals surface area contributed by atoms with Crippen LogP contribution in [-0.4, -0.2) is 23.2 Å². The number of aromatic amines is 1. The molecule has 1 heterocycles. The number of nitrogens with two attached hydrogens (primary N) is 1. The molecule has 2 aromatic rings. The van der Waals surface area contributed by atoms with Crippen molar-refractivity contribution in [2.24, 2.45) is 5.73 Å². The summed E-state index contributed by atoms with van der Waals surface area (Å²) < 4.78 is 6.81. The molecule has 0 atom stereocenters. The van der Waals surface area contributed by atoms with E-state index >= 15 is 0 Å². The fraction of sp³-hybridized carbons (Fsp3) is 0.417. The average Bonchev–Trinajstić information content (AvgIpc) is 2.64. The molecule has 1 aromatic carbocycles. The number of hydrogen-bond acceptors (Lipinski definition) is 3. The van der Waals surface area contributed by atoms with Crippen molar-refractivity contribution >= 4 is 11.0 Å². The molecule has 1 aromatic heterocycles. The zero-order valence-electron chi connectivity index (χ0n) is 10.3. The number of aromatic nitrogens is 2. The number of H-pyrrole nitrogens is 1. The molecule has 0 aliphatic carbocycles. The Morgan fingerprint density at radius 1 is 1.47 bits per heavy atom. The minimum atomic E-state index is -0.413. The van der Waals surface area contributed by atoms with Crippen molar-refractivity contribution < 1.29 is 4.74 Å². The number of ether oxygens (including phenoxy) is 1. The first-order valence-electron chi connectivity index (χ1n) is 5.49. The molecule has 17 heavy (non-hydrogen) atoms. The lowest BCUT2D eigenvalue weighted by Crippen LogP contribution is -2.40. The summed E-state index contributed by atoms with van der Waals surface area (Å²) in [5, 5.41) is 0. The van der Waals surface area contributed by atoms with Gasteiger partial charge in [0.15, 0.2) is 0 Å². The van der Waals surface area contributed by atoms with Crippen molar-refractivity contribution in [3.05, 3.63) is 28.7 Å². The van der Waals surface area contributed by atoms with Gasteiger partial charge in [0.05, 0.1) is 23.7 Å². The zero-order chi connectivity index (χ0) is 12.6. The Morgan fingerprint density at radius 2 is 2.18 bits per heavy atom. The van der Waals surface area contributed by atoms with Gasteiger partial charge in [-0.05, 0) is 26.0 Å². The monoisotopic (exact) mass is 235 g/mol. The number of fused-ring (bicyclic) bond motifs is 1. The number of benzene rings is 1. The molecule has 92 valence electrons. The quantitative estimate of drug-likeness (QED) is 0.834. The molecule has 0 aliphatic heterocycles. The molecule has 2 rings (SSSR count). The van der Waals surface area contributed by atoms with Gasteiger partial charge in [0.1, 0.15) is 5.75 Å². The average molecular weight is 235 g/mol. The highest BCUT2D eigenvalue weighted by Crippen LogP contribution is 2.22. The number of hydrogen-bond donors (Lipinski definition) is 2. The van der Waals surface area contributed by atoms with Crippen LogP contribution in [0.15, 0.2) is 23.0 Å². The van der Waals surface area contributed by atoms with Crippen LogP contribution in [0.1, 0.15) is 13.8 Å². The van der Waals surface area contributed by atoms with Crippen LogP contribution in [0.4, 0.5) is 0 Å². The van der Waals surface area contributed by atoms with Crippen LogP contribution in [0, 0.1) is 0 Å². The Hall–Kier alpha value is -1.75. The van der Waals surface area contributed by atoms with E-state index in [4.69, 9.17) is 10.5 Å². The topological polar surface area (TPSA) is 73.0 Å². The van der Waals surface area contributed by atoms with Crippen LogP contribution in [0.2, 0.25) is 0 Å². The maximum atomic E-state index is 12.0. The van der Waals surface area contributed by atoms with Crippen LogP contribution in [0.25, 0.3) is 11.0 Å². The highest BCUT2D eigenvalue weighted by atomic mass is 16.5. The molecule has 0 unspecified atom stereocenters. The molecule has 0 radical (unpaired) electrons. The van der Waals surface area contributed by atoms with E-state index in [2.05, 4.69) is 4.98 Å². The smallest absolute Gasteiger partial charge is 0.327 e. The van der Waals surface area contributed by atoms with Crippen LogP contribution >= 0.6 is 0 Å². The van der Waals surface area contributed by atoms with E-state index in [0.29, 0.717) is 6.54 Å². The third-order valence-electron chi connectivity index (χ3n) is 2.99. The number of methoxy groups -OCH3 is 1. The van der Waals surface area contributed by atoms with Crippen molar-refractivity contribution in [1.29, 1.82) is 0 Å². The minimum absolute atomic E-state index is 0.149. The summed E-state index contributed by atoms with van der Waals surface area (Å²) in [5.41, 5.74) is 6.75. The lowest BCUT2D eigenvalue weighted by atomic mass is 10.1. The zero-order valence-corrected chi connectivity index (χ0v) is 10.3. The molecule has 0 bridgehead atoms. The summed E-state index contributed by atoms with van der Waals surface area (Å²) >= 11 is 0. The summed E-state index contributed by atoms with van der Waals surface area (Å²) in [7, 11) is 1.60. The standard InChI is InChI=1S/C12H17N3O2/c1-12(2,7-13)15-10-5-4-8(17-3)6-9(10)14-11(15)16/h4-6H,7,13H2,1-3H3,(H,14,16). The van der Waals surface area contributed by atoms with E-state index in [1.165, 1.54) is 0 Å². The number of nitrogens with zero attached hydrogens (tertiary/aromatic N) is 1. The van der Waals surface area contributed by atoms with Gasteiger partial charge in [0.2, 0.25) is 0 Å². The summed E-state index contributed by atoms with van der Waals surface area (Å²) in [6.07, 6.45) is 0. The Balaban J connectivity index is 2.73. The summed E-state index contributed by atoms with van der Waals surface area (Å²) in [6, 6.07) is 5.50. The second kappa shape index (κ2) is 3.92. The Morgan fingerprint density at radius 3 is 2.76 bits per heavy atom. The van der Waals surface area contributed by atoms with Crippen molar-refractivity contribution in [2.75, 3.05) is 13.7 Å². The van der Waals surface area contributed by atoms with Gasteiger partial charge in [-0.2, -0.15) is 0 Å². The Kier molecular flexibility index (Phi) is 2.71. The molecule has 0 spiro atoms. The highest BCUT2D eigenvalue weighted by Gasteiger charge is 2.23. The SMILES string of the molecule is COc1ccc2c(c1)[nH]c(=O)n2C(C)(C)CN. The van der Waals surface area contributed by atoms with Crippen LogP contribution in [0.5, 0.6) is 5.75 Å². The maximum absolute atomic E-state index is 12.0. The highest BCUT2D eigenvalue weighted by molar-refractivity contribution is 5.77. The first-order chi connectivity index (χ1) is 7.99. The van der Waals surface area contributed by atoms with E-state index in [-0.39, 0.29) is 5.69 Å². The van der Waals surface area contributed by atoms with Crippen LogP contribution in [-0.2, 0) is 5.54 Å². The number of imidazole rings is 1. The molecule has 0 fully saturated rings. The fourth-order valence-electron chi connectivity index (χ4n) is 1.91. The van der Waals surface area contributed by atoms with Gasteiger partial charge in [-0.15, -0.1) is 0 Å². The third kappa shape index (κ3) is 1.82. The predicted octanol–water partition coefficient (Wildman–Crippen LogP) is 1.03. The van der Waals surface area contributed by atoms with Gasteiger partial charge in [-0.3, -0.25) is 4.57 Å². The first kappa shape index (κ1) is 11.7. The first-order valence-corrected chi connectivity index (χ1v) is 5.49. The van der Waals surface area contributed by atoms with Crippen molar-refractivity contribution in [3.63, 3.8) is 0 Å². The van der Waals surface area contributed by atoms with Gasteiger partial charge < -0.3 is 15.5 Å². The molecule has 0 amide bonds. The molecular weight excluding hydrogens is 218 g/mol. The van der Waals surface area contributed by atoms with Crippen LogP contribution < -0.4 is 16.2 Å². The van der Waals surface area contributed by atoms with E-state index in [9.17, 15) is 4.79 Å². The molecule has 0 saturated carbocycles. The second-order valence-electron chi connectivity index (χ2n) is 4.67. The summed E-state index contributed by atoms with van der Waals surface area (Å²) in [5.74, 6) is 0.719. The van der Waals surface area contributed by atoms with Gasteiger partial charge in [-0.1, -0.05) is 0 Å². The van der Waals surface area contributed by atoms with Crippen molar-refractivity contribution in [2.45, 2.75) is 19.4 Å². The van der Waals surface area contributed by atoms with Crippen molar-refractivity contribution in [1.82, 2.24) is 9.55 Å². The summed E-state index contributed by atoms with van der Waals surface area (Å²) in [4.78, 5) is 14.8. The Bertz CT molecular complexity index is 595. The van der Waals surface area contributed by atoms with Gasteiger partial charge >= 0.3 is 5.69 Å². The molecule has 0 saturated heterocycles.